The van der Waals surface area contributed by atoms with Gasteiger partial charge in [0.25, 0.3) is 0 Å². The molecule has 0 spiro atoms. The smallest absolute Gasteiger partial charge is 0.243 e. The molecule has 0 aromatic heterocycles. The molecule has 0 bridgehead atoms. The lowest BCUT2D eigenvalue weighted by molar-refractivity contribution is -0.115. The van der Waals surface area contributed by atoms with Crippen molar-refractivity contribution in [2.75, 3.05) is 40.2 Å². The highest BCUT2D eigenvalue weighted by molar-refractivity contribution is 14.0. The number of hydrogen-bond donors (Lipinski definition) is 3. The van der Waals surface area contributed by atoms with E-state index < -0.39 is 5.82 Å². The van der Waals surface area contributed by atoms with Crippen molar-refractivity contribution in [1.82, 2.24) is 10.6 Å². The fraction of sp³-hybridized carbons (Fsp3) is 0.300. The molecular formula is C20H26FIN4O4. The summed E-state index contributed by atoms with van der Waals surface area (Å²) in [6.45, 7) is 0.368. The van der Waals surface area contributed by atoms with Crippen molar-refractivity contribution in [3.63, 3.8) is 0 Å². The van der Waals surface area contributed by atoms with Gasteiger partial charge in [-0.05, 0) is 35.9 Å². The van der Waals surface area contributed by atoms with E-state index in [1.165, 1.54) is 18.2 Å². The average molecular weight is 532 g/mol. The largest absolute Gasteiger partial charge is 0.493 e. The fourth-order valence-electron chi connectivity index (χ4n) is 2.58. The molecule has 2 rings (SSSR count). The molecule has 0 aliphatic carbocycles. The maximum atomic E-state index is 13.2. The molecule has 30 heavy (non-hydrogen) atoms. The highest BCUT2D eigenvalue weighted by Gasteiger charge is 2.13. The van der Waals surface area contributed by atoms with Gasteiger partial charge in [0.05, 0.1) is 27.9 Å². The number of ether oxygens (including phenoxy) is 3. The van der Waals surface area contributed by atoms with Crippen LogP contribution in [0.5, 0.6) is 17.2 Å². The summed E-state index contributed by atoms with van der Waals surface area (Å²) in [6.07, 6.45) is 0. The summed E-state index contributed by atoms with van der Waals surface area (Å²) < 4.78 is 29.2. The van der Waals surface area contributed by atoms with Crippen LogP contribution in [-0.2, 0) is 11.3 Å². The first kappa shape index (κ1) is 25.3. The average Bonchev–Trinajstić information content (AvgIpc) is 2.72. The van der Waals surface area contributed by atoms with Gasteiger partial charge in [-0.15, -0.1) is 24.0 Å². The Bertz CT molecular complexity index is 855. The summed E-state index contributed by atoms with van der Waals surface area (Å²) in [4.78, 5) is 16.1. The monoisotopic (exact) mass is 532 g/mol. The number of carbonyl (C=O) groups is 1. The van der Waals surface area contributed by atoms with Gasteiger partial charge in [0.2, 0.25) is 11.7 Å². The molecule has 3 N–H and O–H groups in total. The lowest BCUT2D eigenvalue weighted by Gasteiger charge is -2.16. The number of halogens is 2. The van der Waals surface area contributed by atoms with Crippen LogP contribution >= 0.6 is 24.0 Å². The molecule has 0 saturated heterocycles. The van der Waals surface area contributed by atoms with Crippen molar-refractivity contribution in [2.45, 2.75) is 6.54 Å². The number of nitrogens with zero attached hydrogens (tertiary/aromatic N) is 1. The zero-order chi connectivity index (χ0) is 21.2. The van der Waals surface area contributed by atoms with Crippen LogP contribution < -0.4 is 30.2 Å². The Morgan fingerprint density at radius 3 is 2.23 bits per heavy atom. The van der Waals surface area contributed by atoms with E-state index in [0.29, 0.717) is 35.4 Å². The minimum atomic E-state index is -0.418. The summed E-state index contributed by atoms with van der Waals surface area (Å²) in [5.74, 6) is 1.27. The van der Waals surface area contributed by atoms with E-state index in [-0.39, 0.29) is 36.4 Å². The summed E-state index contributed by atoms with van der Waals surface area (Å²) in [5, 5.41) is 8.61. The first-order chi connectivity index (χ1) is 14.0. The number of nitrogens with one attached hydrogen (secondary N) is 3. The molecule has 0 saturated carbocycles. The van der Waals surface area contributed by atoms with Crippen LogP contribution in [0.4, 0.5) is 10.1 Å². The Labute approximate surface area is 192 Å². The van der Waals surface area contributed by atoms with Crippen molar-refractivity contribution in [3.05, 3.63) is 47.8 Å². The van der Waals surface area contributed by atoms with Crippen LogP contribution in [0, 0.1) is 5.82 Å². The summed E-state index contributed by atoms with van der Waals surface area (Å²) in [7, 11) is 6.23. The van der Waals surface area contributed by atoms with E-state index in [0.717, 1.165) is 5.56 Å². The Morgan fingerprint density at radius 1 is 1.03 bits per heavy atom. The number of anilines is 1. The van der Waals surface area contributed by atoms with E-state index in [9.17, 15) is 9.18 Å². The molecule has 0 atom stereocenters. The van der Waals surface area contributed by atoms with Gasteiger partial charge in [-0.3, -0.25) is 9.79 Å². The van der Waals surface area contributed by atoms with Gasteiger partial charge in [0, 0.05) is 19.3 Å². The number of guanidine groups is 1. The van der Waals surface area contributed by atoms with Crippen LogP contribution in [0.1, 0.15) is 5.56 Å². The normalized spacial score (nSPS) is 10.5. The second-order valence-electron chi connectivity index (χ2n) is 5.87. The lowest BCUT2D eigenvalue weighted by Crippen LogP contribution is -2.41. The quantitative estimate of drug-likeness (QED) is 0.275. The molecule has 0 aliphatic heterocycles. The van der Waals surface area contributed by atoms with Crippen molar-refractivity contribution >= 4 is 41.5 Å². The van der Waals surface area contributed by atoms with Gasteiger partial charge in [-0.25, -0.2) is 4.39 Å². The lowest BCUT2D eigenvalue weighted by atomic mass is 10.2. The van der Waals surface area contributed by atoms with Gasteiger partial charge < -0.3 is 30.2 Å². The number of aliphatic imine (C=N–C) groups is 1. The predicted molar refractivity (Wildman–Crippen MR) is 125 cm³/mol. The SMILES string of the molecule is CN=C(NCC(=O)Nc1cccc(F)c1)NCc1cc(OC)c(OC)c(OC)c1.I. The van der Waals surface area contributed by atoms with E-state index in [2.05, 4.69) is 20.9 Å². The van der Waals surface area contributed by atoms with E-state index in [1.54, 1.807) is 34.4 Å². The predicted octanol–water partition coefficient (Wildman–Crippen LogP) is 2.77. The highest BCUT2D eigenvalue weighted by Crippen LogP contribution is 2.38. The van der Waals surface area contributed by atoms with E-state index >= 15 is 0 Å². The van der Waals surface area contributed by atoms with Gasteiger partial charge in [0.1, 0.15) is 5.82 Å². The summed E-state index contributed by atoms with van der Waals surface area (Å²) in [6, 6.07) is 9.32. The number of amides is 1. The van der Waals surface area contributed by atoms with E-state index in [1.807, 2.05) is 12.1 Å². The molecule has 10 heteroatoms. The van der Waals surface area contributed by atoms with Crippen LogP contribution in [0.15, 0.2) is 41.4 Å². The van der Waals surface area contributed by atoms with Gasteiger partial charge in [-0.2, -0.15) is 0 Å². The van der Waals surface area contributed by atoms with Gasteiger partial charge in [-0.1, -0.05) is 6.07 Å². The molecule has 0 fully saturated rings. The minimum absolute atomic E-state index is 0. The Kier molecular flexibility index (Phi) is 10.7. The minimum Gasteiger partial charge on any atom is -0.493 e. The van der Waals surface area contributed by atoms with Crippen LogP contribution in [-0.4, -0.2) is 46.8 Å². The summed E-state index contributed by atoms with van der Waals surface area (Å²) >= 11 is 0. The molecule has 0 aliphatic rings. The fourth-order valence-corrected chi connectivity index (χ4v) is 2.58. The second-order valence-corrected chi connectivity index (χ2v) is 5.87. The molecule has 2 aromatic carbocycles. The molecule has 8 nitrogen and oxygen atoms in total. The third-order valence-electron chi connectivity index (χ3n) is 3.93. The summed E-state index contributed by atoms with van der Waals surface area (Å²) in [5.41, 5.74) is 1.25. The zero-order valence-electron chi connectivity index (χ0n) is 17.2. The zero-order valence-corrected chi connectivity index (χ0v) is 19.6. The molecule has 1 amide bonds. The maximum absolute atomic E-state index is 13.2. The molecule has 0 radical (unpaired) electrons. The maximum Gasteiger partial charge on any atom is 0.243 e. The van der Waals surface area contributed by atoms with Crippen LogP contribution in [0.25, 0.3) is 0 Å². The molecular weight excluding hydrogens is 506 g/mol. The number of benzene rings is 2. The van der Waals surface area contributed by atoms with Crippen LogP contribution in [0.3, 0.4) is 0 Å². The Balaban J connectivity index is 0.00000450. The highest BCUT2D eigenvalue weighted by atomic mass is 127. The van der Waals surface area contributed by atoms with E-state index in [4.69, 9.17) is 14.2 Å². The van der Waals surface area contributed by atoms with Gasteiger partial charge in [0.15, 0.2) is 17.5 Å². The number of hydrogen-bond acceptors (Lipinski definition) is 5. The number of methoxy groups -OCH3 is 3. The van der Waals surface area contributed by atoms with Gasteiger partial charge >= 0.3 is 0 Å². The molecule has 164 valence electrons. The Morgan fingerprint density at radius 2 is 1.70 bits per heavy atom. The van der Waals surface area contributed by atoms with Crippen LogP contribution in [0.2, 0.25) is 0 Å². The number of rotatable bonds is 8. The second kappa shape index (κ2) is 12.7. The van der Waals surface area contributed by atoms with Crippen molar-refractivity contribution in [1.29, 1.82) is 0 Å². The van der Waals surface area contributed by atoms with Crippen molar-refractivity contribution in [2.24, 2.45) is 4.99 Å². The number of carbonyl (C=O) groups excluding carboxylic acids is 1. The standard InChI is InChI=1S/C20H25FN4O4.HI/c1-22-20(24-12-18(26)25-15-7-5-6-14(21)10-15)23-11-13-8-16(27-2)19(29-4)17(9-13)28-3;/h5-10H,11-12H2,1-4H3,(H,25,26)(H2,22,23,24);1H. The molecule has 0 heterocycles. The van der Waals surface area contributed by atoms with Crippen molar-refractivity contribution < 1.29 is 23.4 Å². The third kappa shape index (κ3) is 7.25. The first-order valence-electron chi connectivity index (χ1n) is 8.79. The van der Waals surface area contributed by atoms with Crippen molar-refractivity contribution in [3.8, 4) is 17.2 Å². The third-order valence-corrected chi connectivity index (χ3v) is 3.93. The molecule has 2 aromatic rings. The topological polar surface area (TPSA) is 93.2 Å². The Hall–Kier alpha value is -2.76. The first-order valence-corrected chi connectivity index (χ1v) is 8.79. The molecule has 0 unspecified atom stereocenters.